The van der Waals surface area contributed by atoms with Crippen LogP contribution in [-0.2, 0) is 6.54 Å². The molecule has 1 aliphatic rings. The van der Waals surface area contributed by atoms with Gasteiger partial charge in [0.05, 0.1) is 4.47 Å². The minimum atomic E-state index is 0.0901. The highest BCUT2D eigenvalue weighted by Crippen LogP contribution is 2.30. The van der Waals surface area contributed by atoms with E-state index in [4.69, 9.17) is 0 Å². The molecule has 1 heterocycles. The molecule has 0 saturated heterocycles. The first-order valence-corrected chi connectivity index (χ1v) is 6.09. The summed E-state index contributed by atoms with van der Waals surface area (Å²) in [4.78, 5) is 11.6. The van der Waals surface area contributed by atoms with Gasteiger partial charge in [0.25, 0.3) is 5.56 Å². The fraction of sp³-hybridized carbons (Fsp3) is 0.444. The lowest BCUT2D eigenvalue weighted by molar-refractivity contribution is 0.603. The molecule has 0 bridgehead atoms. The van der Waals surface area contributed by atoms with Crippen molar-refractivity contribution < 1.29 is 0 Å². The highest BCUT2D eigenvalue weighted by atomic mass is 127. The van der Waals surface area contributed by atoms with Crippen molar-refractivity contribution in [2.45, 2.75) is 19.4 Å². The van der Waals surface area contributed by atoms with Gasteiger partial charge in [0.1, 0.15) is 0 Å². The van der Waals surface area contributed by atoms with Crippen molar-refractivity contribution in [3.8, 4) is 0 Å². The molecule has 1 aliphatic carbocycles. The summed E-state index contributed by atoms with van der Waals surface area (Å²) < 4.78 is 3.58. The maximum atomic E-state index is 11.6. The first-order chi connectivity index (χ1) is 6.16. The van der Waals surface area contributed by atoms with Gasteiger partial charge in [0.15, 0.2) is 0 Å². The molecule has 0 amide bonds. The molecule has 0 unspecified atom stereocenters. The lowest BCUT2D eigenvalue weighted by atomic mass is 10.4. The van der Waals surface area contributed by atoms with Crippen molar-refractivity contribution in [1.82, 2.24) is 4.57 Å². The first kappa shape index (κ1) is 9.71. The van der Waals surface area contributed by atoms with Gasteiger partial charge in [-0.3, -0.25) is 4.79 Å². The second-order valence-electron chi connectivity index (χ2n) is 3.41. The van der Waals surface area contributed by atoms with Crippen LogP contribution in [0, 0.1) is 9.49 Å². The van der Waals surface area contributed by atoms with Crippen LogP contribution < -0.4 is 5.56 Å². The maximum absolute atomic E-state index is 11.6. The van der Waals surface area contributed by atoms with Crippen LogP contribution in [0.2, 0.25) is 0 Å². The van der Waals surface area contributed by atoms with E-state index in [0.29, 0.717) is 4.47 Å². The third kappa shape index (κ3) is 2.34. The Kier molecular flexibility index (Phi) is 2.78. The lowest BCUT2D eigenvalue weighted by Crippen LogP contribution is -2.21. The van der Waals surface area contributed by atoms with E-state index in [1.807, 2.05) is 16.8 Å². The van der Waals surface area contributed by atoms with Crippen LogP contribution in [0.15, 0.2) is 21.5 Å². The Bertz CT molecular complexity index is 384. The SMILES string of the molecule is O=c1c(Br)cc(I)cn1CC1CC1. The molecule has 1 saturated carbocycles. The third-order valence-electron chi connectivity index (χ3n) is 2.16. The van der Waals surface area contributed by atoms with Gasteiger partial charge < -0.3 is 4.57 Å². The third-order valence-corrected chi connectivity index (χ3v) is 3.32. The van der Waals surface area contributed by atoms with Gasteiger partial charge in [0, 0.05) is 16.3 Å². The normalized spacial score (nSPS) is 16.2. The quantitative estimate of drug-likeness (QED) is 0.749. The van der Waals surface area contributed by atoms with E-state index in [-0.39, 0.29) is 5.56 Å². The zero-order chi connectivity index (χ0) is 9.42. The molecule has 13 heavy (non-hydrogen) atoms. The predicted molar refractivity (Wildman–Crippen MR) is 63.8 cm³/mol. The molecule has 1 aromatic heterocycles. The molecular weight excluding hydrogens is 345 g/mol. The van der Waals surface area contributed by atoms with Crippen LogP contribution >= 0.6 is 38.5 Å². The van der Waals surface area contributed by atoms with E-state index in [1.54, 1.807) is 0 Å². The van der Waals surface area contributed by atoms with Gasteiger partial charge in [-0.25, -0.2) is 0 Å². The standard InChI is InChI=1S/C9H9BrINO/c10-8-3-7(11)5-12(9(8)13)4-6-1-2-6/h3,5-6H,1-2,4H2. The molecule has 2 nitrogen and oxygen atoms in total. The fourth-order valence-electron chi connectivity index (χ4n) is 1.28. The zero-order valence-electron chi connectivity index (χ0n) is 6.96. The Balaban J connectivity index is 2.36. The summed E-state index contributed by atoms with van der Waals surface area (Å²) in [5.41, 5.74) is 0.0901. The highest BCUT2D eigenvalue weighted by Gasteiger charge is 2.22. The zero-order valence-corrected chi connectivity index (χ0v) is 10.7. The molecule has 1 fully saturated rings. The van der Waals surface area contributed by atoms with Crippen molar-refractivity contribution in [1.29, 1.82) is 0 Å². The molecule has 4 heteroatoms. The van der Waals surface area contributed by atoms with Gasteiger partial charge >= 0.3 is 0 Å². The highest BCUT2D eigenvalue weighted by molar-refractivity contribution is 14.1. The minimum absolute atomic E-state index is 0.0901. The minimum Gasteiger partial charge on any atom is -0.313 e. The predicted octanol–water partition coefficient (Wildman–Crippen LogP) is 2.63. The molecule has 0 aliphatic heterocycles. The van der Waals surface area contributed by atoms with Gasteiger partial charge in [-0.05, 0) is 63.3 Å². The number of rotatable bonds is 2. The second-order valence-corrected chi connectivity index (χ2v) is 5.51. The van der Waals surface area contributed by atoms with E-state index < -0.39 is 0 Å². The van der Waals surface area contributed by atoms with Crippen LogP contribution in [0.1, 0.15) is 12.8 Å². The van der Waals surface area contributed by atoms with Gasteiger partial charge in [-0.1, -0.05) is 0 Å². The molecule has 0 atom stereocenters. The second kappa shape index (κ2) is 3.73. The average Bonchev–Trinajstić information content (AvgIpc) is 2.83. The van der Waals surface area contributed by atoms with Crippen LogP contribution in [0.4, 0.5) is 0 Å². The van der Waals surface area contributed by atoms with E-state index in [2.05, 4.69) is 38.5 Å². The summed E-state index contributed by atoms with van der Waals surface area (Å²) in [6.07, 6.45) is 4.47. The Hall–Kier alpha value is 0.160. The Morgan fingerprint density at radius 2 is 2.31 bits per heavy atom. The molecule has 1 aromatic rings. The van der Waals surface area contributed by atoms with E-state index in [1.165, 1.54) is 12.8 Å². The lowest BCUT2D eigenvalue weighted by Gasteiger charge is -2.05. The summed E-state index contributed by atoms with van der Waals surface area (Å²) in [5.74, 6) is 0.739. The van der Waals surface area contributed by atoms with E-state index >= 15 is 0 Å². The van der Waals surface area contributed by atoms with Crippen molar-refractivity contribution in [2.24, 2.45) is 5.92 Å². The monoisotopic (exact) mass is 353 g/mol. The number of hydrogen-bond donors (Lipinski definition) is 0. The summed E-state index contributed by atoms with van der Waals surface area (Å²) in [6.45, 7) is 0.883. The van der Waals surface area contributed by atoms with Crippen molar-refractivity contribution >= 4 is 38.5 Å². The summed E-state index contributed by atoms with van der Waals surface area (Å²) in [5, 5.41) is 0. The van der Waals surface area contributed by atoms with Crippen molar-refractivity contribution in [3.63, 3.8) is 0 Å². The van der Waals surface area contributed by atoms with Crippen molar-refractivity contribution in [3.05, 3.63) is 30.7 Å². The molecule has 2 rings (SSSR count). The molecule has 0 radical (unpaired) electrons. The number of halogens is 2. The number of nitrogens with zero attached hydrogens (tertiary/aromatic N) is 1. The molecule has 0 N–H and O–H groups in total. The maximum Gasteiger partial charge on any atom is 0.264 e. The molecule has 0 aromatic carbocycles. The van der Waals surface area contributed by atoms with Crippen LogP contribution in [0.25, 0.3) is 0 Å². The topological polar surface area (TPSA) is 22.0 Å². The summed E-state index contributed by atoms with van der Waals surface area (Å²) in [6, 6.07) is 1.85. The van der Waals surface area contributed by atoms with Gasteiger partial charge in [-0.2, -0.15) is 0 Å². The Morgan fingerprint density at radius 3 is 2.92 bits per heavy atom. The first-order valence-electron chi connectivity index (χ1n) is 4.22. The smallest absolute Gasteiger partial charge is 0.264 e. The summed E-state index contributed by atoms with van der Waals surface area (Å²) >= 11 is 5.49. The molecular formula is C9H9BrINO. The van der Waals surface area contributed by atoms with E-state index in [0.717, 1.165) is 16.0 Å². The number of pyridine rings is 1. The largest absolute Gasteiger partial charge is 0.313 e. The van der Waals surface area contributed by atoms with Crippen LogP contribution in [0.5, 0.6) is 0 Å². The molecule has 0 spiro atoms. The van der Waals surface area contributed by atoms with Gasteiger partial charge in [-0.15, -0.1) is 0 Å². The van der Waals surface area contributed by atoms with E-state index in [9.17, 15) is 4.79 Å². The molecule has 70 valence electrons. The number of aromatic nitrogens is 1. The van der Waals surface area contributed by atoms with Crippen molar-refractivity contribution in [2.75, 3.05) is 0 Å². The van der Waals surface area contributed by atoms with Crippen LogP contribution in [0.3, 0.4) is 0 Å². The Morgan fingerprint density at radius 1 is 1.62 bits per heavy atom. The number of hydrogen-bond acceptors (Lipinski definition) is 1. The van der Waals surface area contributed by atoms with Gasteiger partial charge in [0.2, 0.25) is 0 Å². The fourth-order valence-corrected chi connectivity index (χ4v) is 2.83. The average molecular weight is 354 g/mol. The van der Waals surface area contributed by atoms with Crippen LogP contribution in [-0.4, -0.2) is 4.57 Å². The Labute approximate surface area is 98.6 Å². The summed E-state index contributed by atoms with van der Waals surface area (Å²) in [7, 11) is 0.